The van der Waals surface area contributed by atoms with Gasteiger partial charge in [0.2, 0.25) is 0 Å². The maximum absolute atomic E-state index is 9.08. The zero-order chi connectivity index (χ0) is 7.11. The topological polar surface area (TPSA) is 20.2 Å². The van der Waals surface area contributed by atoms with E-state index < -0.39 is 0 Å². The van der Waals surface area contributed by atoms with Crippen molar-refractivity contribution in [3.8, 4) is 0 Å². The zero-order valence-corrected chi connectivity index (χ0v) is 8.06. The first kappa shape index (κ1) is 12.9. The Hall–Kier alpha value is 0.310. The Morgan fingerprint density at radius 1 is 1.20 bits per heavy atom. The van der Waals surface area contributed by atoms with Crippen molar-refractivity contribution in [3.63, 3.8) is 0 Å². The van der Waals surface area contributed by atoms with E-state index in [0.29, 0.717) is 0 Å². The van der Waals surface area contributed by atoms with Gasteiger partial charge in [0.25, 0.3) is 0 Å². The molecule has 0 fully saturated rings. The predicted molar refractivity (Wildman–Crippen MR) is 50.8 cm³/mol. The Bertz CT molecular complexity index is 57.2. The van der Waals surface area contributed by atoms with Crippen molar-refractivity contribution in [2.75, 3.05) is 0 Å². The van der Waals surface area contributed by atoms with Crippen LogP contribution < -0.4 is 0 Å². The molecular weight excluding hydrogens is 144 g/mol. The van der Waals surface area contributed by atoms with Gasteiger partial charge in [0, 0.05) is 0 Å². The molecule has 0 rings (SSSR count). The van der Waals surface area contributed by atoms with Gasteiger partial charge in [0.05, 0.1) is 6.10 Å². The second-order valence-electron chi connectivity index (χ2n) is 2.56. The van der Waals surface area contributed by atoms with Crippen LogP contribution >= 0.6 is 13.5 Å². The van der Waals surface area contributed by atoms with Crippen LogP contribution in [0, 0.1) is 0 Å². The Labute approximate surface area is 71.3 Å². The molecule has 0 aliphatic carbocycles. The predicted octanol–water partition coefficient (Wildman–Crippen LogP) is 2.45. The third-order valence-electron chi connectivity index (χ3n) is 1.61. The fraction of sp³-hybridized carbons (Fsp3) is 1.00. The summed E-state index contributed by atoms with van der Waals surface area (Å²) in [7, 11) is 0. The van der Waals surface area contributed by atoms with Crippen molar-refractivity contribution >= 4 is 13.5 Å². The van der Waals surface area contributed by atoms with Gasteiger partial charge in [-0.25, -0.2) is 0 Å². The molecule has 0 amide bonds. The monoisotopic (exact) mass is 164 g/mol. The molecule has 1 unspecified atom stereocenters. The van der Waals surface area contributed by atoms with Gasteiger partial charge in [-0.05, 0) is 12.8 Å². The quantitative estimate of drug-likeness (QED) is 0.619. The Morgan fingerprint density at radius 3 is 2.20 bits per heavy atom. The molecule has 0 heterocycles. The molecule has 0 saturated heterocycles. The summed E-state index contributed by atoms with van der Waals surface area (Å²) in [5.41, 5.74) is 0. The molecule has 0 spiro atoms. The van der Waals surface area contributed by atoms with Crippen LogP contribution in [0.2, 0.25) is 0 Å². The summed E-state index contributed by atoms with van der Waals surface area (Å²) in [5, 5.41) is 9.08. The van der Waals surface area contributed by atoms with Crippen molar-refractivity contribution < 1.29 is 5.11 Å². The van der Waals surface area contributed by atoms with Crippen LogP contribution in [0.3, 0.4) is 0 Å². The molecule has 0 aliphatic heterocycles. The molecule has 0 aromatic carbocycles. The van der Waals surface area contributed by atoms with E-state index in [4.69, 9.17) is 5.11 Å². The van der Waals surface area contributed by atoms with Gasteiger partial charge in [-0.2, -0.15) is 13.5 Å². The Balaban J connectivity index is 0. The highest BCUT2D eigenvalue weighted by Gasteiger charge is 1.97. The minimum Gasteiger partial charge on any atom is -0.393 e. The first-order chi connectivity index (χ1) is 4.31. The standard InChI is InChI=1S/C8H18O.H2S/c1-3-5-6-7-8(9)4-2;/h8-9H,3-7H2,1-2H3;1H2. The van der Waals surface area contributed by atoms with E-state index in [1.807, 2.05) is 6.92 Å². The van der Waals surface area contributed by atoms with Crippen LogP contribution in [0.15, 0.2) is 0 Å². The van der Waals surface area contributed by atoms with Gasteiger partial charge >= 0.3 is 0 Å². The Kier molecular flexibility index (Phi) is 12.0. The second kappa shape index (κ2) is 9.31. The van der Waals surface area contributed by atoms with E-state index in [2.05, 4.69) is 6.92 Å². The molecule has 1 nitrogen and oxygen atoms in total. The SMILES string of the molecule is CCCCCC(O)CC.S. The molecule has 0 radical (unpaired) electrons. The molecule has 0 bridgehead atoms. The van der Waals surface area contributed by atoms with Gasteiger partial charge in [0.1, 0.15) is 0 Å². The van der Waals surface area contributed by atoms with Crippen LogP contribution in [-0.2, 0) is 0 Å². The highest BCUT2D eigenvalue weighted by Crippen LogP contribution is 2.04. The minimum absolute atomic E-state index is 0. The maximum atomic E-state index is 9.08. The van der Waals surface area contributed by atoms with Crippen LogP contribution in [0.25, 0.3) is 0 Å². The van der Waals surface area contributed by atoms with Crippen LogP contribution in [0.4, 0.5) is 0 Å². The molecule has 0 aliphatic rings. The lowest BCUT2D eigenvalue weighted by molar-refractivity contribution is 0.156. The molecule has 1 atom stereocenters. The molecule has 64 valence electrons. The lowest BCUT2D eigenvalue weighted by atomic mass is 10.1. The summed E-state index contributed by atoms with van der Waals surface area (Å²) in [4.78, 5) is 0. The number of hydrogen-bond donors (Lipinski definition) is 1. The molecule has 0 saturated carbocycles. The summed E-state index contributed by atoms with van der Waals surface area (Å²) in [6, 6.07) is 0. The molecular formula is C8H20OS. The molecule has 2 heteroatoms. The highest BCUT2D eigenvalue weighted by atomic mass is 32.1. The molecule has 10 heavy (non-hydrogen) atoms. The lowest BCUT2D eigenvalue weighted by Crippen LogP contribution is -2.02. The van der Waals surface area contributed by atoms with Gasteiger partial charge in [-0.3, -0.25) is 0 Å². The van der Waals surface area contributed by atoms with Crippen molar-refractivity contribution in [1.82, 2.24) is 0 Å². The fourth-order valence-corrected chi connectivity index (χ4v) is 0.834. The third kappa shape index (κ3) is 8.31. The zero-order valence-electron chi connectivity index (χ0n) is 7.06. The van der Waals surface area contributed by atoms with Crippen molar-refractivity contribution in [2.24, 2.45) is 0 Å². The van der Waals surface area contributed by atoms with E-state index in [0.717, 1.165) is 12.8 Å². The smallest absolute Gasteiger partial charge is 0.0537 e. The summed E-state index contributed by atoms with van der Waals surface area (Å²) >= 11 is 0. The molecule has 1 N–H and O–H groups in total. The number of aliphatic hydroxyl groups is 1. The van der Waals surface area contributed by atoms with Crippen molar-refractivity contribution in [2.45, 2.75) is 52.1 Å². The number of aliphatic hydroxyl groups excluding tert-OH is 1. The van der Waals surface area contributed by atoms with Crippen LogP contribution in [-0.4, -0.2) is 11.2 Å². The van der Waals surface area contributed by atoms with Crippen molar-refractivity contribution in [1.29, 1.82) is 0 Å². The summed E-state index contributed by atoms with van der Waals surface area (Å²) in [6.45, 7) is 4.20. The van der Waals surface area contributed by atoms with Crippen LogP contribution in [0.5, 0.6) is 0 Å². The summed E-state index contributed by atoms with van der Waals surface area (Å²) in [6.07, 6.45) is 5.55. The average Bonchev–Trinajstić information content (AvgIpc) is 1.89. The fourth-order valence-electron chi connectivity index (χ4n) is 0.834. The van der Waals surface area contributed by atoms with Crippen LogP contribution in [0.1, 0.15) is 46.0 Å². The summed E-state index contributed by atoms with van der Waals surface area (Å²) < 4.78 is 0. The molecule has 0 aromatic rings. The van der Waals surface area contributed by atoms with E-state index in [9.17, 15) is 0 Å². The number of unbranched alkanes of at least 4 members (excludes halogenated alkanes) is 2. The highest BCUT2D eigenvalue weighted by molar-refractivity contribution is 7.59. The van der Waals surface area contributed by atoms with Gasteiger partial charge < -0.3 is 5.11 Å². The van der Waals surface area contributed by atoms with E-state index in [-0.39, 0.29) is 19.6 Å². The van der Waals surface area contributed by atoms with E-state index >= 15 is 0 Å². The second-order valence-corrected chi connectivity index (χ2v) is 2.56. The average molecular weight is 164 g/mol. The van der Waals surface area contributed by atoms with E-state index in [1.54, 1.807) is 0 Å². The first-order valence-corrected chi connectivity index (χ1v) is 3.99. The normalized spacial score (nSPS) is 12.3. The Morgan fingerprint density at radius 2 is 1.80 bits per heavy atom. The number of rotatable bonds is 5. The molecule has 0 aromatic heterocycles. The van der Waals surface area contributed by atoms with Gasteiger partial charge in [0.15, 0.2) is 0 Å². The van der Waals surface area contributed by atoms with Gasteiger partial charge in [-0.15, -0.1) is 0 Å². The van der Waals surface area contributed by atoms with Crippen molar-refractivity contribution in [3.05, 3.63) is 0 Å². The maximum Gasteiger partial charge on any atom is 0.0537 e. The van der Waals surface area contributed by atoms with Gasteiger partial charge in [-0.1, -0.05) is 33.1 Å². The largest absolute Gasteiger partial charge is 0.393 e. The minimum atomic E-state index is -0.0449. The first-order valence-electron chi connectivity index (χ1n) is 3.99. The third-order valence-corrected chi connectivity index (χ3v) is 1.61. The summed E-state index contributed by atoms with van der Waals surface area (Å²) in [5.74, 6) is 0. The lowest BCUT2D eigenvalue weighted by Gasteiger charge is -2.04. The number of hydrogen-bond acceptors (Lipinski definition) is 1. The van der Waals surface area contributed by atoms with E-state index in [1.165, 1.54) is 19.3 Å².